The van der Waals surface area contributed by atoms with Crippen molar-refractivity contribution in [3.05, 3.63) is 0 Å². The summed E-state index contributed by atoms with van der Waals surface area (Å²) >= 11 is 0. The van der Waals surface area contributed by atoms with Crippen molar-refractivity contribution in [3.8, 4) is 0 Å². The van der Waals surface area contributed by atoms with E-state index in [1.54, 1.807) is 6.92 Å². The van der Waals surface area contributed by atoms with Crippen LogP contribution in [-0.4, -0.2) is 11.5 Å². The van der Waals surface area contributed by atoms with Crippen LogP contribution in [0.2, 0.25) is 0 Å². The van der Waals surface area contributed by atoms with Gasteiger partial charge < -0.3 is 5.41 Å². The zero-order valence-electron chi connectivity index (χ0n) is 6.90. The molecule has 0 saturated heterocycles. The van der Waals surface area contributed by atoms with Crippen molar-refractivity contribution in [3.63, 3.8) is 0 Å². The fourth-order valence-corrected chi connectivity index (χ4v) is 0.658. The number of ketones is 1. The van der Waals surface area contributed by atoms with Crippen LogP contribution in [-0.2, 0) is 4.79 Å². The van der Waals surface area contributed by atoms with E-state index in [4.69, 9.17) is 5.41 Å². The van der Waals surface area contributed by atoms with Crippen molar-refractivity contribution in [2.24, 2.45) is 5.92 Å². The largest absolute Gasteiger partial charge is 0.310 e. The summed E-state index contributed by atoms with van der Waals surface area (Å²) in [6.45, 7) is 5.38. The number of rotatable bonds is 4. The molecule has 0 aromatic rings. The monoisotopic (exact) mass is 141 g/mol. The molecule has 0 aliphatic carbocycles. The summed E-state index contributed by atoms with van der Waals surface area (Å²) in [6, 6.07) is 0. The van der Waals surface area contributed by atoms with E-state index in [2.05, 4.69) is 0 Å². The van der Waals surface area contributed by atoms with Crippen LogP contribution in [0.5, 0.6) is 0 Å². The van der Waals surface area contributed by atoms with Gasteiger partial charge in [-0.05, 0) is 19.8 Å². The second-order valence-electron chi connectivity index (χ2n) is 2.67. The molecular formula is C8H15NO. The Morgan fingerprint density at radius 2 is 2.10 bits per heavy atom. The van der Waals surface area contributed by atoms with Crippen LogP contribution in [0.25, 0.3) is 0 Å². The van der Waals surface area contributed by atoms with Crippen LogP contribution in [0.15, 0.2) is 0 Å². The van der Waals surface area contributed by atoms with E-state index < -0.39 is 0 Å². The van der Waals surface area contributed by atoms with E-state index in [1.165, 1.54) is 0 Å². The minimum atomic E-state index is 0.0347. The molecule has 0 amide bonds. The standard InChI is InChI=1S/C8H15NO/c1-4-8(9)5-6(2)7(3)10/h6,9H,4-5H2,1-3H3. The van der Waals surface area contributed by atoms with Gasteiger partial charge in [0.25, 0.3) is 0 Å². The van der Waals surface area contributed by atoms with Crippen molar-refractivity contribution >= 4 is 11.5 Å². The van der Waals surface area contributed by atoms with Crippen LogP contribution in [0.1, 0.15) is 33.6 Å². The first-order valence-corrected chi connectivity index (χ1v) is 3.64. The molecule has 0 aromatic carbocycles. The summed E-state index contributed by atoms with van der Waals surface area (Å²) in [7, 11) is 0. The molecule has 0 radical (unpaired) electrons. The molecule has 0 bridgehead atoms. The summed E-state index contributed by atoms with van der Waals surface area (Å²) in [5, 5.41) is 7.31. The molecule has 58 valence electrons. The molecule has 0 aromatic heterocycles. The summed E-state index contributed by atoms with van der Waals surface area (Å²) in [5.41, 5.74) is 0.669. The maximum atomic E-state index is 10.7. The minimum Gasteiger partial charge on any atom is -0.310 e. The van der Waals surface area contributed by atoms with E-state index in [0.717, 1.165) is 6.42 Å². The number of carbonyl (C=O) groups excluding carboxylic acids is 1. The Hall–Kier alpha value is -0.660. The molecule has 0 heterocycles. The van der Waals surface area contributed by atoms with E-state index in [0.29, 0.717) is 12.1 Å². The molecule has 0 aliphatic heterocycles. The molecule has 10 heavy (non-hydrogen) atoms. The average molecular weight is 141 g/mol. The SMILES string of the molecule is CCC(=N)CC(C)C(C)=O. The lowest BCUT2D eigenvalue weighted by Gasteiger charge is -2.05. The van der Waals surface area contributed by atoms with Gasteiger partial charge in [0.2, 0.25) is 0 Å². The second kappa shape index (κ2) is 4.20. The third kappa shape index (κ3) is 3.38. The van der Waals surface area contributed by atoms with Gasteiger partial charge in [-0.25, -0.2) is 0 Å². The van der Waals surface area contributed by atoms with Gasteiger partial charge in [-0.1, -0.05) is 13.8 Å². The van der Waals surface area contributed by atoms with Gasteiger partial charge >= 0.3 is 0 Å². The topological polar surface area (TPSA) is 40.9 Å². The van der Waals surface area contributed by atoms with Gasteiger partial charge in [0, 0.05) is 11.6 Å². The Morgan fingerprint density at radius 1 is 1.60 bits per heavy atom. The Morgan fingerprint density at radius 3 is 2.40 bits per heavy atom. The van der Waals surface area contributed by atoms with E-state index in [9.17, 15) is 4.79 Å². The Kier molecular flexibility index (Phi) is 3.93. The second-order valence-corrected chi connectivity index (χ2v) is 2.67. The van der Waals surface area contributed by atoms with Crippen LogP contribution in [0.3, 0.4) is 0 Å². The molecule has 0 fully saturated rings. The first-order chi connectivity index (χ1) is 4.57. The first-order valence-electron chi connectivity index (χ1n) is 3.64. The quantitative estimate of drug-likeness (QED) is 0.598. The summed E-state index contributed by atoms with van der Waals surface area (Å²) in [4.78, 5) is 10.7. The molecule has 0 saturated carbocycles. The highest BCUT2D eigenvalue weighted by molar-refractivity contribution is 5.87. The van der Waals surface area contributed by atoms with E-state index in [-0.39, 0.29) is 11.7 Å². The van der Waals surface area contributed by atoms with Crippen LogP contribution >= 0.6 is 0 Å². The van der Waals surface area contributed by atoms with Gasteiger partial charge in [0.05, 0.1) is 0 Å². The zero-order chi connectivity index (χ0) is 8.15. The molecule has 1 unspecified atom stereocenters. The normalized spacial score (nSPS) is 12.7. The number of hydrogen-bond acceptors (Lipinski definition) is 2. The lowest BCUT2D eigenvalue weighted by Crippen LogP contribution is -2.10. The average Bonchev–Trinajstić information content (AvgIpc) is 1.87. The smallest absolute Gasteiger partial charge is 0.133 e. The highest BCUT2D eigenvalue weighted by Gasteiger charge is 2.08. The maximum Gasteiger partial charge on any atom is 0.133 e. The molecule has 0 aliphatic rings. The van der Waals surface area contributed by atoms with Crippen LogP contribution in [0.4, 0.5) is 0 Å². The van der Waals surface area contributed by atoms with E-state index in [1.807, 2.05) is 13.8 Å². The van der Waals surface area contributed by atoms with Gasteiger partial charge in [0.1, 0.15) is 5.78 Å². The van der Waals surface area contributed by atoms with Gasteiger partial charge in [-0.15, -0.1) is 0 Å². The van der Waals surface area contributed by atoms with Gasteiger partial charge in [0.15, 0.2) is 0 Å². The minimum absolute atomic E-state index is 0.0347. The van der Waals surface area contributed by atoms with Gasteiger partial charge in [-0.3, -0.25) is 4.79 Å². The summed E-state index contributed by atoms with van der Waals surface area (Å²) in [6.07, 6.45) is 1.39. The molecule has 1 N–H and O–H groups in total. The van der Waals surface area contributed by atoms with Crippen LogP contribution in [0, 0.1) is 11.3 Å². The predicted octanol–water partition coefficient (Wildman–Crippen LogP) is 2.03. The molecule has 0 spiro atoms. The van der Waals surface area contributed by atoms with Crippen molar-refractivity contribution in [2.45, 2.75) is 33.6 Å². The Labute approximate surface area is 62.1 Å². The number of Topliss-reactive ketones (excluding diaryl/α,β-unsaturated/α-hetero) is 1. The Balaban J connectivity index is 3.68. The molecule has 2 nitrogen and oxygen atoms in total. The third-order valence-electron chi connectivity index (χ3n) is 1.67. The molecule has 2 heteroatoms. The fourth-order valence-electron chi connectivity index (χ4n) is 0.658. The number of hydrogen-bond donors (Lipinski definition) is 1. The molecule has 1 atom stereocenters. The highest BCUT2D eigenvalue weighted by atomic mass is 16.1. The lowest BCUT2D eigenvalue weighted by atomic mass is 9.99. The molecule has 0 rings (SSSR count). The molecular weight excluding hydrogens is 126 g/mol. The summed E-state index contributed by atoms with van der Waals surface area (Å²) in [5.74, 6) is 0.214. The highest BCUT2D eigenvalue weighted by Crippen LogP contribution is 2.05. The number of carbonyl (C=O) groups is 1. The van der Waals surface area contributed by atoms with E-state index >= 15 is 0 Å². The maximum absolute atomic E-state index is 10.7. The first kappa shape index (κ1) is 9.34. The van der Waals surface area contributed by atoms with Crippen molar-refractivity contribution in [1.82, 2.24) is 0 Å². The van der Waals surface area contributed by atoms with Crippen LogP contribution < -0.4 is 0 Å². The van der Waals surface area contributed by atoms with Crippen molar-refractivity contribution in [2.75, 3.05) is 0 Å². The third-order valence-corrected chi connectivity index (χ3v) is 1.67. The van der Waals surface area contributed by atoms with Crippen molar-refractivity contribution in [1.29, 1.82) is 5.41 Å². The fraction of sp³-hybridized carbons (Fsp3) is 0.750. The lowest BCUT2D eigenvalue weighted by molar-refractivity contribution is -0.120. The summed E-state index contributed by atoms with van der Waals surface area (Å²) < 4.78 is 0. The van der Waals surface area contributed by atoms with Gasteiger partial charge in [-0.2, -0.15) is 0 Å². The predicted molar refractivity (Wildman–Crippen MR) is 42.5 cm³/mol. The zero-order valence-corrected chi connectivity index (χ0v) is 6.90. The van der Waals surface area contributed by atoms with Crippen molar-refractivity contribution < 1.29 is 4.79 Å². The Bertz CT molecular complexity index is 140. The number of nitrogens with one attached hydrogen (secondary N) is 1.